The average molecular weight is 437 g/mol. The lowest BCUT2D eigenvalue weighted by atomic mass is 10.00. The summed E-state index contributed by atoms with van der Waals surface area (Å²) in [7, 11) is 0. The average Bonchev–Trinajstić information content (AvgIpc) is 3.11. The molecule has 1 atom stereocenters. The summed E-state index contributed by atoms with van der Waals surface area (Å²) in [6.07, 6.45) is 9.91. The first-order valence-corrected chi connectivity index (χ1v) is 11.9. The van der Waals surface area contributed by atoms with Crippen molar-refractivity contribution in [3.63, 3.8) is 0 Å². The van der Waals surface area contributed by atoms with Gasteiger partial charge in [-0.15, -0.1) is 0 Å². The third kappa shape index (κ3) is 4.38. The Morgan fingerprint density at radius 3 is 2.59 bits per heavy atom. The van der Waals surface area contributed by atoms with Crippen LogP contribution in [-0.2, 0) is 9.59 Å². The first-order chi connectivity index (χ1) is 15.6. The fourth-order valence-corrected chi connectivity index (χ4v) is 5.57. The molecule has 2 heterocycles. The van der Waals surface area contributed by atoms with E-state index in [0.717, 1.165) is 38.1 Å². The van der Waals surface area contributed by atoms with Gasteiger partial charge in [0.1, 0.15) is 11.6 Å². The molecule has 2 aliphatic carbocycles. The van der Waals surface area contributed by atoms with Gasteiger partial charge in [0.15, 0.2) is 0 Å². The summed E-state index contributed by atoms with van der Waals surface area (Å²) in [5.74, 6) is 2.03. The van der Waals surface area contributed by atoms with Gasteiger partial charge in [0, 0.05) is 25.1 Å². The Kier molecular flexibility index (Phi) is 5.89. The fourth-order valence-electron chi connectivity index (χ4n) is 5.57. The van der Waals surface area contributed by atoms with E-state index in [2.05, 4.69) is 15.3 Å². The summed E-state index contributed by atoms with van der Waals surface area (Å²) in [4.78, 5) is 27.4. The number of carbonyl (C=O) groups excluding carboxylic acids is 2. The standard InChI is InChI=1S/C25H32N4O3/c30-23(11-17-32-20-6-2-1-3-7-20)27-22-8-14-26-29(22)19-9-15-28(16-10-19)24(31)21-18-25(21)12-4-5-13-25/h1-3,6-8,14,19,21H,4-5,9-13,15-18H2,(H,27,30)/t21-/m0/s1. The molecule has 3 fully saturated rings. The van der Waals surface area contributed by atoms with Gasteiger partial charge < -0.3 is 15.0 Å². The number of hydrogen-bond acceptors (Lipinski definition) is 4. The number of piperidine rings is 1. The Bertz CT molecular complexity index is 943. The molecule has 1 aromatic heterocycles. The normalized spacial score (nSPS) is 22.1. The second-order valence-corrected chi connectivity index (χ2v) is 9.50. The molecule has 170 valence electrons. The molecular weight excluding hydrogens is 404 g/mol. The summed E-state index contributed by atoms with van der Waals surface area (Å²) >= 11 is 0. The summed E-state index contributed by atoms with van der Waals surface area (Å²) < 4.78 is 7.53. The lowest BCUT2D eigenvalue weighted by Crippen LogP contribution is -2.41. The maximum Gasteiger partial charge on any atom is 0.228 e. The van der Waals surface area contributed by atoms with Crippen LogP contribution >= 0.6 is 0 Å². The van der Waals surface area contributed by atoms with Gasteiger partial charge in [-0.3, -0.25) is 9.59 Å². The predicted molar refractivity (Wildman–Crippen MR) is 121 cm³/mol. The van der Waals surface area contributed by atoms with E-state index >= 15 is 0 Å². The van der Waals surface area contributed by atoms with Crippen LogP contribution in [0.25, 0.3) is 0 Å². The molecule has 2 amide bonds. The van der Waals surface area contributed by atoms with Crippen molar-refractivity contribution in [2.24, 2.45) is 11.3 Å². The van der Waals surface area contributed by atoms with Crippen LogP contribution in [0.1, 0.15) is 57.4 Å². The number of benzene rings is 1. The van der Waals surface area contributed by atoms with E-state index < -0.39 is 0 Å². The number of nitrogens with one attached hydrogen (secondary N) is 1. The summed E-state index contributed by atoms with van der Waals surface area (Å²) in [5.41, 5.74) is 0.359. The molecule has 32 heavy (non-hydrogen) atoms. The molecule has 5 rings (SSSR count). The van der Waals surface area contributed by atoms with Crippen LogP contribution in [0.4, 0.5) is 5.82 Å². The lowest BCUT2D eigenvalue weighted by molar-refractivity contribution is -0.134. The molecule has 7 heteroatoms. The molecule has 2 saturated carbocycles. The molecule has 0 unspecified atom stereocenters. The van der Waals surface area contributed by atoms with E-state index in [0.29, 0.717) is 23.7 Å². The lowest BCUT2D eigenvalue weighted by Gasteiger charge is -2.33. The monoisotopic (exact) mass is 436 g/mol. The minimum absolute atomic E-state index is 0.0918. The van der Waals surface area contributed by atoms with Crippen molar-refractivity contribution < 1.29 is 14.3 Å². The molecule has 2 aromatic rings. The van der Waals surface area contributed by atoms with Gasteiger partial charge in [-0.2, -0.15) is 5.10 Å². The highest BCUT2D eigenvalue weighted by Crippen LogP contribution is 2.63. The van der Waals surface area contributed by atoms with Gasteiger partial charge in [-0.05, 0) is 49.7 Å². The van der Waals surface area contributed by atoms with Crippen molar-refractivity contribution in [1.82, 2.24) is 14.7 Å². The predicted octanol–water partition coefficient (Wildman–Crippen LogP) is 4.03. The highest BCUT2D eigenvalue weighted by molar-refractivity contribution is 5.89. The zero-order valence-electron chi connectivity index (χ0n) is 18.5. The third-order valence-electron chi connectivity index (χ3n) is 7.49. The van der Waals surface area contributed by atoms with Gasteiger partial charge in [-0.25, -0.2) is 4.68 Å². The maximum absolute atomic E-state index is 13.0. The molecule has 3 aliphatic rings. The molecule has 1 N–H and O–H groups in total. The van der Waals surface area contributed by atoms with E-state index in [-0.39, 0.29) is 24.3 Å². The number of amides is 2. The Balaban J connectivity index is 1.09. The van der Waals surface area contributed by atoms with Crippen LogP contribution in [-0.4, -0.2) is 46.2 Å². The Labute approximate surface area is 189 Å². The van der Waals surface area contributed by atoms with E-state index in [4.69, 9.17) is 4.74 Å². The van der Waals surface area contributed by atoms with Crippen LogP contribution in [0.2, 0.25) is 0 Å². The smallest absolute Gasteiger partial charge is 0.228 e. The first-order valence-electron chi connectivity index (χ1n) is 11.9. The van der Waals surface area contributed by atoms with Gasteiger partial charge in [0.2, 0.25) is 11.8 Å². The van der Waals surface area contributed by atoms with Crippen molar-refractivity contribution in [3.8, 4) is 5.75 Å². The van der Waals surface area contributed by atoms with Crippen molar-refractivity contribution in [2.45, 2.75) is 57.4 Å². The SMILES string of the molecule is O=C(CCOc1ccccc1)Nc1ccnn1C1CCN(C(=O)[C@@H]2CC23CCCC3)CC1. The van der Waals surface area contributed by atoms with E-state index in [9.17, 15) is 9.59 Å². The molecule has 7 nitrogen and oxygen atoms in total. The minimum Gasteiger partial charge on any atom is -0.493 e. The summed E-state index contributed by atoms with van der Waals surface area (Å²) in [6, 6.07) is 11.5. The van der Waals surface area contributed by atoms with Crippen LogP contribution in [0.5, 0.6) is 5.75 Å². The van der Waals surface area contributed by atoms with Crippen molar-refractivity contribution >= 4 is 17.6 Å². The van der Waals surface area contributed by atoms with Crippen molar-refractivity contribution in [2.75, 3.05) is 25.0 Å². The van der Waals surface area contributed by atoms with Crippen LogP contribution in [0.15, 0.2) is 42.6 Å². The number of nitrogens with zero attached hydrogens (tertiary/aromatic N) is 3. The molecule has 1 spiro atoms. The van der Waals surface area contributed by atoms with Crippen LogP contribution < -0.4 is 10.1 Å². The topological polar surface area (TPSA) is 76.5 Å². The second kappa shape index (κ2) is 8.96. The highest BCUT2D eigenvalue weighted by atomic mass is 16.5. The van der Waals surface area contributed by atoms with Crippen LogP contribution in [0.3, 0.4) is 0 Å². The Morgan fingerprint density at radius 1 is 1.09 bits per heavy atom. The number of carbonyl (C=O) groups is 2. The van der Waals surface area contributed by atoms with E-state index in [1.807, 2.05) is 41.1 Å². The van der Waals surface area contributed by atoms with Gasteiger partial charge >= 0.3 is 0 Å². The summed E-state index contributed by atoms with van der Waals surface area (Å²) in [5, 5.41) is 7.43. The third-order valence-corrected chi connectivity index (χ3v) is 7.49. The molecule has 1 aromatic carbocycles. The summed E-state index contributed by atoms with van der Waals surface area (Å²) in [6.45, 7) is 1.87. The second-order valence-electron chi connectivity index (χ2n) is 9.50. The largest absolute Gasteiger partial charge is 0.493 e. The molecule has 0 bridgehead atoms. The molecule has 1 aliphatic heterocycles. The zero-order chi connectivity index (χ0) is 22.0. The quantitative estimate of drug-likeness (QED) is 0.711. The fraction of sp³-hybridized carbons (Fsp3) is 0.560. The van der Waals surface area contributed by atoms with Gasteiger partial charge in [-0.1, -0.05) is 31.0 Å². The van der Waals surface area contributed by atoms with Crippen molar-refractivity contribution in [1.29, 1.82) is 0 Å². The van der Waals surface area contributed by atoms with E-state index in [1.54, 1.807) is 6.20 Å². The highest BCUT2D eigenvalue weighted by Gasteiger charge is 2.59. The number of anilines is 1. The molecule has 1 saturated heterocycles. The van der Waals surface area contributed by atoms with Crippen molar-refractivity contribution in [3.05, 3.63) is 42.6 Å². The first kappa shape index (κ1) is 21.0. The van der Waals surface area contributed by atoms with E-state index in [1.165, 1.54) is 25.7 Å². The number of ether oxygens (including phenoxy) is 1. The minimum atomic E-state index is -0.0918. The molecule has 0 radical (unpaired) electrons. The van der Waals surface area contributed by atoms with Gasteiger partial charge in [0.25, 0.3) is 0 Å². The zero-order valence-corrected chi connectivity index (χ0v) is 18.5. The Hall–Kier alpha value is -2.83. The number of aromatic nitrogens is 2. The number of rotatable bonds is 7. The van der Waals surface area contributed by atoms with Crippen LogP contribution in [0, 0.1) is 11.3 Å². The number of hydrogen-bond donors (Lipinski definition) is 1. The number of para-hydroxylation sites is 1. The van der Waals surface area contributed by atoms with Gasteiger partial charge in [0.05, 0.1) is 25.3 Å². The molecular formula is C25H32N4O3. The maximum atomic E-state index is 13.0. The number of likely N-dealkylation sites (tertiary alicyclic amines) is 1. The Morgan fingerprint density at radius 2 is 1.84 bits per heavy atom.